The van der Waals surface area contributed by atoms with Gasteiger partial charge >= 0.3 is 11.9 Å². The number of carboxylic acid groups (broad SMARTS) is 2. The van der Waals surface area contributed by atoms with Crippen LogP contribution < -0.4 is 38.9 Å². The molecule has 0 fully saturated rings. The number of carboxylic acids is 2. The summed E-state index contributed by atoms with van der Waals surface area (Å²) in [7, 11) is 0. The van der Waals surface area contributed by atoms with Gasteiger partial charge < -0.3 is 49.1 Å². The number of carbonyl (C=O) groups is 5. The Hall–Kier alpha value is -3.46. The molecule has 194 valence electrons. The molecule has 0 rings (SSSR count). The van der Waals surface area contributed by atoms with Crippen LogP contribution in [0.25, 0.3) is 0 Å². The highest BCUT2D eigenvalue weighted by Gasteiger charge is 2.29. The smallest absolute Gasteiger partial charge is 0.326 e. The molecule has 15 nitrogen and oxygen atoms in total. The first kappa shape index (κ1) is 30.5. The second kappa shape index (κ2) is 16.2. The number of nitrogens with two attached hydrogens (primary N) is 4. The molecule has 34 heavy (non-hydrogen) atoms. The Morgan fingerprint density at radius 1 is 0.853 bits per heavy atom. The second-order valence-electron chi connectivity index (χ2n) is 7.63. The predicted octanol–water partition coefficient (Wildman–Crippen LogP) is -3.47. The van der Waals surface area contributed by atoms with E-state index in [1.807, 2.05) is 5.32 Å². The van der Waals surface area contributed by atoms with Crippen LogP contribution in [0.5, 0.6) is 0 Å². The van der Waals surface area contributed by atoms with Gasteiger partial charge in [0.2, 0.25) is 17.7 Å². The summed E-state index contributed by atoms with van der Waals surface area (Å²) >= 11 is 0. The monoisotopic (exact) mass is 488 g/mol. The molecule has 3 amide bonds. The lowest BCUT2D eigenvalue weighted by atomic mass is 10.1. The molecule has 0 heterocycles. The first-order valence-corrected chi connectivity index (χ1v) is 10.8. The molecule has 4 unspecified atom stereocenters. The fourth-order valence-electron chi connectivity index (χ4n) is 2.74. The molecular formula is C19H36N8O7. The third kappa shape index (κ3) is 13.2. The number of aliphatic imine (C=N–C) groups is 1. The summed E-state index contributed by atoms with van der Waals surface area (Å²) in [5.41, 5.74) is 21.8. The maximum absolute atomic E-state index is 12.7. The van der Waals surface area contributed by atoms with Gasteiger partial charge in [0.1, 0.15) is 18.1 Å². The molecule has 0 aliphatic rings. The van der Waals surface area contributed by atoms with E-state index >= 15 is 0 Å². The lowest BCUT2D eigenvalue weighted by molar-refractivity contribution is -0.147. The number of amides is 3. The minimum Gasteiger partial charge on any atom is -0.481 e. The van der Waals surface area contributed by atoms with Crippen molar-refractivity contribution in [3.8, 4) is 0 Å². The molecule has 0 aromatic heterocycles. The summed E-state index contributed by atoms with van der Waals surface area (Å²) in [6, 6.07) is -4.84. The first-order chi connectivity index (χ1) is 15.9. The van der Waals surface area contributed by atoms with Crippen LogP contribution in [0.4, 0.5) is 0 Å². The van der Waals surface area contributed by atoms with E-state index in [4.69, 9.17) is 33.1 Å². The lowest BCUT2D eigenvalue weighted by Gasteiger charge is -2.23. The van der Waals surface area contributed by atoms with Gasteiger partial charge in [-0.05, 0) is 39.2 Å². The molecule has 0 saturated heterocycles. The quantitative estimate of drug-likeness (QED) is 0.0550. The lowest BCUT2D eigenvalue weighted by Crippen LogP contribution is -2.56. The van der Waals surface area contributed by atoms with Crippen LogP contribution in [0, 0.1) is 0 Å². The minimum absolute atomic E-state index is 0.120. The van der Waals surface area contributed by atoms with E-state index in [-0.39, 0.29) is 18.9 Å². The zero-order valence-electron chi connectivity index (χ0n) is 19.2. The number of guanidine groups is 1. The molecule has 0 aromatic carbocycles. The SMILES string of the molecule is CC(NC(=O)C(CCCN=C(N)N)NC(=O)C(N)CCCCN)C(=O)NC(CC(=O)O)C(=O)O. The number of carbonyl (C=O) groups excluding carboxylic acids is 3. The number of nitrogens with one attached hydrogen (secondary N) is 3. The summed E-state index contributed by atoms with van der Waals surface area (Å²) < 4.78 is 0. The van der Waals surface area contributed by atoms with Gasteiger partial charge in [-0.25, -0.2) is 4.79 Å². The molecule has 0 aromatic rings. The van der Waals surface area contributed by atoms with Crippen LogP contribution in [-0.4, -0.2) is 83.1 Å². The fourth-order valence-corrected chi connectivity index (χ4v) is 2.74. The van der Waals surface area contributed by atoms with Gasteiger partial charge in [-0.2, -0.15) is 0 Å². The molecule has 0 bridgehead atoms. The Morgan fingerprint density at radius 3 is 2.00 bits per heavy atom. The van der Waals surface area contributed by atoms with Gasteiger partial charge in [-0.3, -0.25) is 24.2 Å². The molecule has 4 atom stereocenters. The van der Waals surface area contributed by atoms with E-state index in [1.165, 1.54) is 6.92 Å². The normalized spacial score (nSPS) is 14.1. The van der Waals surface area contributed by atoms with Crippen molar-refractivity contribution in [1.82, 2.24) is 16.0 Å². The highest BCUT2D eigenvalue weighted by atomic mass is 16.4. The van der Waals surface area contributed by atoms with Gasteiger partial charge in [0.15, 0.2) is 5.96 Å². The van der Waals surface area contributed by atoms with Crippen molar-refractivity contribution in [3.05, 3.63) is 0 Å². The third-order valence-electron chi connectivity index (χ3n) is 4.63. The number of rotatable bonds is 17. The number of hydrogen-bond donors (Lipinski definition) is 9. The zero-order chi connectivity index (χ0) is 26.3. The predicted molar refractivity (Wildman–Crippen MR) is 122 cm³/mol. The topological polar surface area (TPSA) is 278 Å². The van der Waals surface area contributed by atoms with Crippen molar-refractivity contribution in [2.24, 2.45) is 27.9 Å². The number of aliphatic carboxylic acids is 2. The molecule has 0 aliphatic carbocycles. The molecule has 0 aliphatic heterocycles. The Morgan fingerprint density at radius 2 is 1.47 bits per heavy atom. The highest BCUT2D eigenvalue weighted by molar-refractivity contribution is 5.94. The third-order valence-corrected chi connectivity index (χ3v) is 4.63. The van der Waals surface area contributed by atoms with Crippen molar-refractivity contribution in [2.45, 2.75) is 69.6 Å². The van der Waals surface area contributed by atoms with E-state index in [0.717, 1.165) is 0 Å². The van der Waals surface area contributed by atoms with E-state index in [0.29, 0.717) is 32.2 Å². The maximum atomic E-state index is 12.7. The molecule has 0 spiro atoms. The van der Waals surface area contributed by atoms with Crippen molar-refractivity contribution in [3.63, 3.8) is 0 Å². The van der Waals surface area contributed by atoms with Crippen molar-refractivity contribution >= 4 is 35.6 Å². The van der Waals surface area contributed by atoms with Crippen LogP contribution in [-0.2, 0) is 24.0 Å². The Bertz CT molecular complexity index is 742. The minimum atomic E-state index is -1.68. The Kier molecular flexibility index (Phi) is 14.6. The van der Waals surface area contributed by atoms with Gasteiger partial charge in [0.05, 0.1) is 12.5 Å². The Balaban J connectivity index is 5.17. The summed E-state index contributed by atoms with van der Waals surface area (Å²) in [5, 5.41) is 24.8. The van der Waals surface area contributed by atoms with Crippen molar-refractivity contribution < 1.29 is 34.2 Å². The van der Waals surface area contributed by atoms with Gasteiger partial charge in [-0.1, -0.05) is 6.42 Å². The van der Waals surface area contributed by atoms with E-state index in [9.17, 15) is 24.0 Å². The standard InChI is InChI=1S/C19H36N8O7/c1-10(15(30)27-13(18(33)34)9-14(28)29)25-17(32)12(6-4-8-24-19(22)23)26-16(31)11(21)5-2-3-7-20/h10-13H,2-9,20-21H2,1H3,(H,25,32)(H,26,31)(H,27,30)(H,28,29)(H,33,34)(H4,22,23,24). The fraction of sp³-hybridized carbons (Fsp3) is 0.684. The van der Waals surface area contributed by atoms with E-state index in [2.05, 4.69) is 15.6 Å². The van der Waals surface area contributed by atoms with Crippen LogP contribution in [0.15, 0.2) is 4.99 Å². The van der Waals surface area contributed by atoms with E-state index in [1.54, 1.807) is 0 Å². The number of nitrogens with zero attached hydrogens (tertiary/aromatic N) is 1. The maximum Gasteiger partial charge on any atom is 0.326 e. The summed E-state index contributed by atoms with van der Waals surface area (Å²) in [6.07, 6.45) is 1.28. The summed E-state index contributed by atoms with van der Waals surface area (Å²) in [6.45, 7) is 1.93. The Labute approximate surface area is 197 Å². The highest BCUT2D eigenvalue weighted by Crippen LogP contribution is 2.04. The zero-order valence-corrected chi connectivity index (χ0v) is 19.2. The average molecular weight is 489 g/mol. The largest absolute Gasteiger partial charge is 0.481 e. The summed E-state index contributed by atoms with van der Waals surface area (Å²) in [4.78, 5) is 63.1. The van der Waals surface area contributed by atoms with E-state index < -0.39 is 60.2 Å². The molecule has 15 heteroatoms. The van der Waals surface area contributed by atoms with Crippen LogP contribution >= 0.6 is 0 Å². The van der Waals surface area contributed by atoms with Crippen molar-refractivity contribution in [1.29, 1.82) is 0 Å². The van der Waals surface area contributed by atoms with Crippen LogP contribution in [0.3, 0.4) is 0 Å². The number of hydrogen-bond acceptors (Lipinski definition) is 8. The van der Waals surface area contributed by atoms with Gasteiger partial charge in [-0.15, -0.1) is 0 Å². The first-order valence-electron chi connectivity index (χ1n) is 10.8. The van der Waals surface area contributed by atoms with Crippen LogP contribution in [0.2, 0.25) is 0 Å². The van der Waals surface area contributed by atoms with Crippen molar-refractivity contribution in [2.75, 3.05) is 13.1 Å². The van der Waals surface area contributed by atoms with Gasteiger partial charge in [0.25, 0.3) is 0 Å². The second-order valence-corrected chi connectivity index (χ2v) is 7.63. The average Bonchev–Trinajstić information content (AvgIpc) is 2.74. The molecule has 0 saturated carbocycles. The number of unbranched alkanes of at least 4 members (excludes halogenated alkanes) is 1. The van der Waals surface area contributed by atoms with Gasteiger partial charge in [0, 0.05) is 6.54 Å². The summed E-state index contributed by atoms with van der Waals surface area (Å²) in [5.74, 6) is -5.29. The molecular weight excluding hydrogens is 452 g/mol. The van der Waals surface area contributed by atoms with Crippen LogP contribution in [0.1, 0.15) is 45.4 Å². The molecule has 0 radical (unpaired) electrons. The molecule has 13 N–H and O–H groups in total.